The van der Waals surface area contributed by atoms with Gasteiger partial charge in [0.25, 0.3) is 5.91 Å². The Morgan fingerprint density at radius 3 is 2.25 bits per heavy atom. The quantitative estimate of drug-likeness (QED) is 0.422. The molecular weight excluding hydrogens is 360 g/mol. The van der Waals surface area contributed by atoms with Gasteiger partial charge in [0.15, 0.2) is 12.6 Å². The maximum Gasteiger partial charge on any atom is 0.262 e. The monoisotopic (exact) mass is 390 g/mol. The van der Waals surface area contributed by atoms with Crippen molar-refractivity contribution in [3.8, 4) is 0 Å². The van der Waals surface area contributed by atoms with Crippen molar-refractivity contribution in [2.45, 2.75) is 52.0 Å². The predicted molar refractivity (Wildman–Crippen MR) is 103 cm³/mol. The second-order valence-electron chi connectivity index (χ2n) is 7.63. The number of amides is 1. The Labute approximate surface area is 166 Å². The number of carbonyl (C=O) groups excluding carboxylic acids is 2. The van der Waals surface area contributed by atoms with Crippen molar-refractivity contribution in [1.29, 1.82) is 0 Å². The zero-order chi connectivity index (χ0) is 20.5. The second kappa shape index (κ2) is 8.29. The number of Topliss-reactive ketones (excluding diaryl/α,β-unsaturated/α-hetero) is 1. The van der Waals surface area contributed by atoms with E-state index in [0.717, 1.165) is 22.3 Å². The van der Waals surface area contributed by atoms with Crippen LogP contribution in [0.15, 0.2) is 12.1 Å². The second-order valence-corrected chi connectivity index (χ2v) is 7.63. The van der Waals surface area contributed by atoms with Crippen molar-refractivity contribution >= 4 is 11.7 Å². The summed E-state index contributed by atoms with van der Waals surface area (Å²) in [6.07, 6.45) is 0.940. The standard InChI is InChI=1S/C21H30N2O5/c1-6-27-13-28-23-20(25)18(17-15(3)11-14(2)12-16(17)4)19(24)21(23)7-9-22(26-5)10-8-21/h11-12,18H,6-10,13H2,1-5H3. The molecule has 2 aliphatic heterocycles. The third kappa shape index (κ3) is 3.48. The van der Waals surface area contributed by atoms with Crippen LogP contribution in [0.4, 0.5) is 0 Å². The van der Waals surface area contributed by atoms with E-state index in [4.69, 9.17) is 14.4 Å². The number of ether oxygens (including phenoxy) is 1. The van der Waals surface area contributed by atoms with E-state index in [0.29, 0.717) is 32.5 Å². The molecule has 0 aromatic heterocycles. The van der Waals surface area contributed by atoms with E-state index in [1.807, 2.05) is 39.8 Å². The maximum atomic E-state index is 13.7. The first-order valence-corrected chi connectivity index (χ1v) is 9.81. The average molecular weight is 390 g/mol. The SMILES string of the molecule is CCOCON1C(=O)C(c2c(C)cc(C)cc2C)C(=O)C12CCN(OC)CC2. The molecule has 0 bridgehead atoms. The number of rotatable bonds is 6. The van der Waals surface area contributed by atoms with Crippen molar-refractivity contribution in [3.63, 3.8) is 0 Å². The summed E-state index contributed by atoms with van der Waals surface area (Å²) in [6, 6.07) is 4.04. The van der Waals surface area contributed by atoms with E-state index in [2.05, 4.69) is 0 Å². The average Bonchev–Trinajstić information content (AvgIpc) is 2.84. The Morgan fingerprint density at radius 2 is 1.71 bits per heavy atom. The van der Waals surface area contributed by atoms with Crippen molar-refractivity contribution in [3.05, 3.63) is 34.4 Å². The molecule has 2 aliphatic rings. The molecule has 1 amide bonds. The molecule has 28 heavy (non-hydrogen) atoms. The van der Waals surface area contributed by atoms with E-state index in [9.17, 15) is 9.59 Å². The number of piperidine rings is 1. The highest BCUT2D eigenvalue weighted by molar-refractivity contribution is 6.17. The Hall–Kier alpha value is -1.80. The smallest absolute Gasteiger partial charge is 0.262 e. The minimum atomic E-state index is -0.975. The highest BCUT2D eigenvalue weighted by Crippen LogP contribution is 2.44. The molecule has 0 saturated carbocycles. The normalized spacial score (nSPS) is 22.5. The lowest BCUT2D eigenvalue weighted by atomic mass is 9.79. The van der Waals surface area contributed by atoms with Gasteiger partial charge in [0.05, 0.1) is 7.11 Å². The van der Waals surface area contributed by atoms with E-state index in [-0.39, 0.29) is 18.5 Å². The molecule has 1 unspecified atom stereocenters. The van der Waals surface area contributed by atoms with Crippen molar-refractivity contribution in [2.75, 3.05) is 33.6 Å². The summed E-state index contributed by atoms with van der Waals surface area (Å²) in [4.78, 5) is 38.1. The van der Waals surface area contributed by atoms with Crippen LogP contribution < -0.4 is 0 Å². The van der Waals surface area contributed by atoms with Crippen LogP contribution in [0.25, 0.3) is 0 Å². The van der Waals surface area contributed by atoms with Crippen LogP contribution in [0.1, 0.15) is 47.9 Å². The van der Waals surface area contributed by atoms with E-state index < -0.39 is 11.5 Å². The van der Waals surface area contributed by atoms with E-state index in [1.165, 1.54) is 5.06 Å². The molecule has 2 heterocycles. The summed E-state index contributed by atoms with van der Waals surface area (Å²) in [5.41, 5.74) is 2.86. The third-order valence-electron chi connectivity index (χ3n) is 5.86. The van der Waals surface area contributed by atoms with Gasteiger partial charge < -0.3 is 9.57 Å². The summed E-state index contributed by atoms with van der Waals surface area (Å²) in [5, 5.41) is 3.11. The molecule has 1 aromatic carbocycles. The zero-order valence-corrected chi connectivity index (χ0v) is 17.4. The first kappa shape index (κ1) is 20.9. The van der Waals surface area contributed by atoms with Crippen LogP contribution in [0.5, 0.6) is 0 Å². The van der Waals surface area contributed by atoms with Gasteiger partial charge in [-0.15, -0.1) is 0 Å². The third-order valence-corrected chi connectivity index (χ3v) is 5.86. The molecule has 0 N–H and O–H groups in total. The Morgan fingerprint density at radius 1 is 1.11 bits per heavy atom. The molecular formula is C21H30N2O5. The largest absolute Gasteiger partial charge is 0.353 e. The van der Waals surface area contributed by atoms with Gasteiger partial charge >= 0.3 is 0 Å². The van der Waals surface area contributed by atoms with E-state index in [1.54, 1.807) is 12.2 Å². The van der Waals surface area contributed by atoms with Crippen molar-refractivity contribution < 1.29 is 24.0 Å². The first-order valence-electron chi connectivity index (χ1n) is 9.81. The van der Waals surface area contributed by atoms with Gasteiger partial charge in [-0.1, -0.05) is 17.7 Å². The van der Waals surface area contributed by atoms with Crippen LogP contribution >= 0.6 is 0 Å². The lowest BCUT2D eigenvalue weighted by Crippen LogP contribution is -2.56. The molecule has 7 nitrogen and oxygen atoms in total. The molecule has 2 saturated heterocycles. The van der Waals surface area contributed by atoms with Gasteiger partial charge in [-0.3, -0.25) is 9.59 Å². The number of hydrogen-bond acceptors (Lipinski definition) is 6. The highest BCUT2D eigenvalue weighted by atomic mass is 16.8. The molecule has 154 valence electrons. The van der Waals surface area contributed by atoms with Gasteiger partial charge in [-0.2, -0.15) is 5.06 Å². The van der Waals surface area contributed by atoms with Gasteiger partial charge in [0.1, 0.15) is 11.5 Å². The Kier molecular flexibility index (Phi) is 6.19. The minimum Gasteiger partial charge on any atom is -0.353 e. The molecule has 1 aromatic rings. The van der Waals surface area contributed by atoms with Gasteiger partial charge in [0, 0.05) is 19.7 Å². The minimum absolute atomic E-state index is 0.0517. The summed E-state index contributed by atoms with van der Waals surface area (Å²) >= 11 is 0. The summed E-state index contributed by atoms with van der Waals surface area (Å²) in [7, 11) is 1.62. The van der Waals surface area contributed by atoms with Gasteiger partial charge in [-0.05, 0) is 57.2 Å². The van der Waals surface area contributed by atoms with E-state index >= 15 is 0 Å². The Balaban J connectivity index is 2.00. The van der Waals surface area contributed by atoms with Crippen molar-refractivity contribution in [1.82, 2.24) is 10.1 Å². The van der Waals surface area contributed by atoms with Crippen LogP contribution in [0, 0.1) is 20.8 Å². The molecule has 0 radical (unpaired) electrons. The zero-order valence-electron chi connectivity index (χ0n) is 17.4. The lowest BCUT2D eigenvalue weighted by Gasteiger charge is -2.41. The number of ketones is 1. The first-order chi connectivity index (χ1) is 13.4. The highest BCUT2D eigenvalue weighted by Gasteiger charge is 2.61. The fourth-order valence-corrected chi connectivity index (χ4v) is 4.56. The van der Waals surface area contributed by atoms with Crippen LogP contribution in [0.2, 0.25) is 0 Å². The number of aryl methyl sites for hydroxylation is 3. The number of hydrogen-bond donors (Lipinski definition) is 0. The molecule has 3 rings (SSSR count). The predicted octanol–water partition coefficient (Wildman–Crippen LogP) is 2.43. The van der Waals surface area contributed by atoms with Gasteiger partial charge in [0.2, 0.25) is 0 Å². The molecule has 0 aliphatic carbocycles. The number of nitrogens with zero attached hydrogens (tertiary/aromatic N) is 2. The van der Waals surface area contributed by atoms with Crippen LogP contribution in [-0.4, -0.2) is 61.0 Å². The number of benzene rings is 1. The fraction of sp³-hybridized carbons (Fsp3) is 0.619. The van der Waals surface area contributed by atoms with Crippen molar-refractivity contribution in [2.24, 2.45) is 0 Å². The summed E-state index contributed by atoms with van der Waals surface area (Å²) in [5.74, 6) is -1.22. The number of hydroxylamine groups is 4. The molecule has 2 fully saturated rings. The molecule has 7 heteroatoms. The van der Waals surface area contributed by atoms with Crippen LogP contribution in [0.3, 0.4) is 0 Å². The number of carbonyl (C=O) groups is 2. The fourth-order valence-electron chi connectivity index (χ4n) is 4.56. The topological polar surface area (TPSA) is 68.3 Å². The van der Waals surface area contributed by atoms with Gasteiger partial charge in [-0.25, -0.2) is 9.90 Å². The van der Waals surface area contributed by atoms with Crippen LogP contribution in [-0.2, 0) is 24.0 Å². The summed E-state index contributed by atoms with van der Waals surface area (Å²) < 4.78 is 5.30. The maximum absolute atomic E-state index is 13.7. The Bertz CT molecular complexity index is 732. The molecule has 1 spiro atoms. The lowest BCUT2D eigenvalue weighted by molar-refractivity contribution is -0.259. The molecule has 1 atom stereocenters. The summed E-state index contributed by atoms with van der Waals surface area (Å²) in [6.45, 7) is 9.32.